The molecule has 3 aliphatic rings. The van der Waals surface area contributed by atoms with Crippen molar-refractivity contribution in [3.05, 3.63) is 0 Å². The lowest BCUT2D eigenvalue weighted by Crippen LogP contribution is -2.50. The topological polar surface area (TPSA) is 18.5 Å². The molecule has 3 aliphatic heterocycles. The van der Waals surface area contributed by atoms with Crippen LogP contribution in [0.4, 0.5) is 0 Å². The van der Waals surface area contributed by atoms with Crippen LogP contribution in [0.1, 0.15) is 39.0 Å². The number of hydrogen-bond donors (Lipinski definition) is 1. The summed E-state index contributed by atoms with van der Waals surface area (Å²) >= 11 is 0. The normalized spacial score (nSPS) is 39.5. The molecule has 3 saturated heterocycles. The van der Waals surface area contributed by atoms with Crippen LogP contribution in [0.15, 0.2) is 0 Å². The quantitative estimate of drug-likeness (QED) is 0.803. The van der Waals surface area contributed by atoms with Gasteiger partial charge in [0.15, 0.2) is 0 Å². The van der Waals surface area contributed by atoms with Gasteiger partial charge in [0.2, 0.25) is 0 Å². The fourth-order valence-electron chi connectivity index (χ4n) is 4.34. The van der Waals surface area contributed by atoms with Gasteiger partial charge in [0.25, 0.3) is 0 Å². The Labute approximate surface area is 112 Å². The maximum Gasteiger partial charge on any atom is 0.0263 e. The van der Waals surface area contributed by atoms with E-state index in [-0.39, 0.29) is 0 Å². The van der Waals surface area contributed by atoms with Crippen molar-refractivity contribution in [1.29, 1.82) is 0 Å². The number of fused-ring (bicyclic) bond motifs is 1. The van der Waals surface area contributed by atoms with Gasteiger partial charge in [-0.2, -0.15) is 0 Å². The molecule has 0 radical (unpaired) electrons. The van der Waals surface area contributed by atoms with E-state index in [1.807, 2.05) is 0 Å². The fraction of sp³-hybridized carbons (Fsp3) is 1.00. The fourth-order valence-corrected chi connectivity index (χ4v) is 4.34. The van der Waals surface area contributed by atoms with Gasteiger partial charge in [0.1, 0.15) is 0 Å². The molecule has 3 nitrogen and oxygen atoms in total. The molecule has 3 rings (SSSR count). The van der Waals surface area contributed by atoms with Crippen LogP contribution in [0.3, 0.4) is 0 Å². The predicted octanol–water partition coefficient (Wildman–Crippen LogP) is 1.54. The molecule has 0 spiro atoms. The molecule has 0 aromatic heterocycles. The summed E-state index contributed by atoms with van der Waals surface area (Å²) in [7, 11) is 0. The minimum atomic E-state index is 0.858. The maximum absolute atomic E-state index is 3.62. The highest BCUT2D eigenvalue weighted by atomic mass is 15.2. The van der Waals surface area contributed by atoms with Gasteiger partial charge < -0.3 is 10.2 Å². The van der Waals surface area contributed by atoms with Crippen molar-refractivity contribution in [2.45, 2.75) is 51.1 Å². The molecular weight excluding hydrogens is 222 g/mol. The number of hydrogen-bond acceptors (Lipinski definition) is 3. The molecule has 18 heavy (non-hydrogen) atoms. The highest BCUT2D eigenvalue weighted by molar-refractivity contribution is 4.95. The van der Waals surface area contributed by atoms with Crippen LogP contribution >= 0.6 is 0 Å². The zero-order valence-corrected chi connectivity index (χ0v) is 11.9. The second kappa shape index (κ2) is 5.89. The Balaban J connectivity index is 1.62. The molecule has 3 atom stereocenters. The first kappa shape index (κ1) is 12.9. The highest BCUT2D eigenvalue weighted by Gasteiger charge is 2.38. The molecule has 3 fully saturated rings. The van der Waals surface area contributed by atoms with Crippen molar-refractivity contribution in [2.24, 2.45) is 5.92 Å². The van der Waals surface area contributed by atoms with Gasteiger partial charge in [-0.3, -0.25) is 4.90 Å². The van der Waals surface area contributed by atoms with Crippen LogP contribution in [-0.2, 0) is 0 Å². The minimum absolute atomic E-state index is 0.858. The van der Waals surface area contributed by atoms with Crippen molar-refractivity contribution in [1.82, 2.24) is 15.1 Å². The van der Waals surface area contributed by atoms with Crippen LogP contribution in [0.25, 0.3) is 0 Å². The van der Waals surface area contributed by atoms with Crippen molar-refractivity contribution >= 4 is 0 Å². The van der Waals surface area contributed by atoms with E-state index in [2.05, 4.69) is 22.0 Å². The Morgan fingerprint density at radius 2 is 1.89 bits per heavy atom. The summed E-state index contributed by atoms with van der Waals surface area (Å²) in [6, 6.07) is 1.73. The summed E-state index contributed by atoms with van der Waals surface area (Å²) in [6.45, 7) is 10.1. The van der Waals surface area contributed by atoms with Gasteiger partial charge in [-0.25, -0.2) is 0 Å². The lowest BCUT2D eigenvalue weighted by Gasteiger charge is -2.42. The van der Waals surface area contributed by atoms with E-state index in [0.29, 0.717) is 0 Å². The molecular formula is C15H29N3. The lowest BCUT2D eigenvalue weighted by atomic mass is 9.89. The Morgan fingerprint density at radius 1 is 1.00 bits per heavy atom. The van der Waals surface area contributed by atoms with Gasteiger partial charge in [0.05, 0.1) is 0 Å². The summed E-state index contributed by atoms with van der Waals surface area (Å²) in [5, 5.41) is 3.62. The van der Waals surface area contributed by atoms with E-state index >= 15 is 0 Å². The number of nitrogens with one attached hydrogen (secondary N) is 1. The number of piperidine rings is 1. The average molecular weight is 251 g/mol. The first-order valence-corrected chi connectivity index (χ1v) is 8.07. The summed E-state index contributed by atoms with van der Waals surface area (Å²) in [4.78, 5) is 5.52. The minimum Gasteiger partial charge on any atom is -0.315 e. The number of rotatable bonds is 2. The second-order valence-corrected chi connectivity index (χ2v) is 6.38. The highest BCUT2D eigenvalue weighted by Crippen LogP contribution is 2.30. The molecule has 3 unspecified atom stereocenters. The van der Waals surface area contributed by atoms with E-state index in [4.69, 9.17) is 0 Å². The molecule has 0 saturated carbocycles. The monoisotopic (exact) mass is 251 g/mol. The summed E-state index contributed by atoms with van der Waals surface area (Å²) in [5.74, 6) is 0.948. The van der Waals surface area contributed by atoms with Crippen LogP contribution in [0, 0.1) is 5.92 Å². The Kier molecular flexibility index (Phi) is 4.22. The third kappa shape index (κ3) is 2.59. The third-order valence-corrected chi connectivity index (χ3v) is 5.43. The Bertz CT molecular complexity index is 268. The SMILES string of the molecule is CCN1CCCC(N2CCCC3CNCC32)CC1. The first-order valence-electron chi connectivity index (χ1n) is 8.07. The van der Waals surface area contributed by atoms with Crippen LogP contribution in [-0.4, -0.2) is 61.2 Å². The van der Waals surface area contributed by atoms with Gasteiger partial charge >= 0.3 is 0 Å². The maximum atomic E-state index is 3.62. The van der Waals surface area contributed by atoms with E-state index in [0.717, 1.165) is 18.0 Å². The molecule has 0 bridgehead atoms. The van der Waals surface area contributed by atoms with Gasteiger partial charge in [-0.1, -0.05) is 6.92 Å². The molecule has 3 heteroatoms. The average Bonchev–Trinajstić information content (AvgIpc) is 2.76. The molecule has 0 aliphatic carbocycles. The van der Waals surface area contributed by atoms with E-state index in [9.17, 15) is 0 Å². The lowest BCUT2D eigenvalue weighted by molar-refractivity contribution is 0.0694. The summed E-state index contributed by atoms with van der Waals surface area (Å²) in [6.07, 6.45) is 7.12. The predicted molar refractivity (Wildman–Crippen MR) is 75.8 cm³/mol. The van der Waals surface area contributed by atoms with Crippen LogP contribution in [0.5, 0.6) is 0 Å². The molecule has 0 amide bonds. The van der Waals surface area contributed by atoms with Crippen LogP contribution < -0.4 is 5.32 Å². The molecule has 0 aromatic rings. The Morgan fingerprint density at radius 3 is 2.78 bits per heavy atom. The molecule has 1 N–H and O–H groups in total. The van der Waals surface area contributed by atoms with Crippen molar-refractivity contribution < 1.29 is 0 Å². The standard InChI is InChI=1S/C15H29N3/c1-2-17-8-4-6-14(7-10-17)18-9-3-5-13-11-16-12-15(13)18/h13-16H,2-12H2,1H3. The zero-order chi connectivity index (χ0) is 12.4. The van der Waals surface area contributed by atoms with E-state index < -0.39 is 0 Å². The van der Waals surface area contributed by atoms with Crippen molar-refractivity contribution in [3.63, 3.8) is 0 Å². The van der Waals surface area contributed by atoms with Crippen molar-refractivity contribution in [3.8, 4) is 0 Å². The summed E-state index contributed by atoms with van der Waals surface area (Å²) < 4.78 is 0. The smallest absolute Gasteiger partial charge is 0.0263 e. The number of likely N-dealkylation sites (tertiary alicyclic amines) is 2. The zero-order valence-electron chi connectivity index (χ0n) is 11.9. The summed E-state index contributed by atoms with van der Waals surface area (Å²) in [5.41, 5.74) is 0. The van der Waals surface area contributed by atoms with E-state index in [1.165, 1.54) is 71.4 Å². The van der Waals surface area contributed by atoms with Gasteiger partial charge in [0, 0.05) is 18.6 Å². The third-order valence-electron chi connectivity index (χ3n) is 5.43. The molecule has 3 heterocycles. The van der Waals surface area contributed by atoms with Crippen molar-refractivity contribution in [2.75, 3.05) is 39.3 Å². The largest absolute Gasteiger partial charge is 0.315 e. The molecule has 104 valence electrons. The molecule has 0 aromatic carbocycles. The first-order chi connectivity index (χ1) is 8.88. The van der Waals surface area contributed by atoms with Gasteiger partial charge in [-0.15, -0.1) is 0 Å². The second-order valence-electron chi connectivity index (χ2n) is 6.38. The van der Waals surface area contributed by atoms with E-state index in [1.54, 1.807) is 0 Å². The Hall–Kier alpha value is -0.120. The van der Waals surface area contributed by atoms with Gasteiger partial charge in [-0.05, 0) is 70.7 Å². The number of nitrogens with zero attached hydrogens (tertiary/aromatic N) is 2. The van der Waals surface area contributed by atoms with Crippen LogP contribution in [0.2, 0.25) is 0 Å².